The number of nitrogens with two attached hydrogens (primary N) is 1. The Morgan fingerprint density at radius 1 is 1.43 bits per heavy atom. The number of thiophene rings is 1. The topological polar surface area (TPSA) is 51.8 Å². The number of hydrogen-bond donors (Lipinski definition) is 1. The van der Waals surface area contributed by atoms with Crippen LogP contribution in [0, 0.1) is 0 Å². The van der Waals surface area contributed by atoms with E-state index in [-0.39, 0.29) is 0 Å². The predicted octanol–water partition coefficient (Wildman–Crippen LogP) is 2.51. The van der Waals surface area contributed by atoms with Crippen molar-refractivity contribution in [1.82, 2.24) is 9.97 Å². The van der Waals surface area contributed by atoms with E-state index in [1.54, 1.807) is 17.4 Å². The molecule has 2 aromatic heterocycles. The van der Waals surface area contributed by atoms with Gasteiger partial charge in [-0.1, -0.05) is 17.8 Å². The number of nitrogens with zero attached hydrogens (tertiary/aromatic N) is 2. The molecular weight excluding hydrogens is 214 g/mol. The van der Waals surface area contributed by atoms with E-state index in [9.17, 15) is 0 Å². The van der Waals surface area contributed by atoms with Crippen LogP contribution in [0.5, 0.6) is 0 Å². The van der Waals surface area contributed by atoms with E-state index in [2.05, 4.69) is 9.97 Å². The van der Waals surface area contributed by atoms with Gasteiger partial charge in [-0.25, -0.2) is 9.97 Å². The monoisotopic (exact) mass is 223 g/mol. The number of rotatable bonds is 2. The Morgan fingerprint density at radius 3 is 2.93 bits per heavy atom. The maximum Gasteiger partial charge on any atom is 0.189 e. The Bertz CT molecular complexity index is 426. The van der Waals surface area contributed by atoms with Gasteiger partial charge in [-0.2, -0.15) is 0 Å². The molecule has 0 aromatic carbocycles. The van der Waals surface area contributed by atoms with Crippen LogP contribution in [0.1, 0.15) is 0 Å². The third-order valence-electron chi connectivity index (χ3n) is 1.68. The molecule has 2 heterocycles. The molecule has 0 radical (unpaired) electrons. The second-order valence-electron chi connectivity index (χ2n) is 2.64. The van der Waals surface area contributed by atoms with Gasteiger partial charge in [0.2, 0.25) is 0 Å². The predicted molar refractivity (Wildman–Crippen MR) is 61.5 cm³/mol. The van der Waals surface area contributed by atoms with Gasteiger partial charge in [0.15, 0.2) is 5.16 Å². The minimum Gasteiger partial charge on any atom is -0.384 e. The van der Waals surface area contributed by atoms with Crippen LogP contribution in [-0.2, 0) is 0 Å². The van der Waals surface area contributed by atoms with Gasteiger partial charge in [0, 0.05) is 6.07 Å². The molecule has 2 N–H and O–H groups in total. The Balaban J connectivity index is 2.48. The molecule has 0 bridgehead atoms. The van der Waals surface area contributed by atoms with E-state index in [4.69, 9.17) is 5.73 Å². The first kappa shape index (κ1) is 9.48. The third-order valence-corrected chi connectivity index (χ3v) is 3.12. The molecule has 2 aromatic rings. The lowest BCUT2D eigenvalue weighted by Gasteiger charge is -2.01. The zero-order valence-corrected chi connectivity index (χ0v) is 9.23. The number of nitrogen functional groups attached to an aromatic ring is 1. The molecule has 72 valence electrons. The van der Waals surface area contributed by atoms with Crippen molar-refractivity contribution < 1.29 is 0 Å². The molecule has 0 saturated carbocycles. The molecule has 5 heteroatoms. The lowest BCUT2D eigenvalue weighted by atomic mass is 10.3. The van der Waals surface area contributed by atoms with Gasteiger partial charge in [-0.05, 0) is 17.7 Å². The van der Waals surface area contributed by atoms with Gasteiger partial charge in [0.05, 0.1) is 10.6 Å². The average Bonchev–Trinajstić information content (AvgIpc) is 2.69. The molecule has 0 aliphatic rings. The van der Waals surface area contributed by atoms with E-state index < -0.39 is 0 Å². The lowest BCUT2D eigenvalue weighted by molar-refractivity contribution is 0.987. The van der Waals surface area contributed by atoms with E-state index in [0.29, 0.717) is 11.0 Å². The number of aromatic nitrogens is 2. The highest BCUT2D eigenvalue weighted by molar-refractivity contribution is 7.98. The van der Waals surface area contributed by atoms with E-state index >= 15 is 0 Å². The first-order chi connectivity index (χ1) is 6.79. The molecule has 0 spiro atoms. The molecule has 0 fully saturated rings. The second-order valence-corrected chi connectivity index (χ2v) is 4.36. The summed E-state index contributed by atoms with van der Waals surface area (Å²) in [5, 5.41) is 2.74. The van der Waals surface area contributed by atoms with Gasteiger partial charge < -0.3 is 5.73 Å². The molecule has 14 heavy (non-hydrogen) atoms. The maximum absolute atomic E-state index is 5.68. The Labute approximate surface area is 90.4 Å². The Kier molecular flexibility index (Phi) is 2.69. The van der Waals surface area contributed by atoms with Crippen molar-refractivity contribution in [1.29, 1.82) is 0 Å². The zero-order chi connectivity index (χ0) is 9.97. The number of thioether (sulfide) groups is 1. The van der Waals surface area contributed by atoms with E-state index in [1.807, 2.05) is 23.8 Å². The average molecular weight is 223 g/mol. The third kappa shape index (κ3) is 1.88. The minimum absolute atomic E-state index is 0.521. The molecule has 0 unspecified atom stereocenters. The summed E-state index contributed by atoms with van der Waals surface area (Å²) in [6.45, 7) is 0. The van der Waals surface area contributed by atoms with Gasteiger partial charge >= 0.3 is 0 Å². The summed E-state index contributed by atoms with van der Waals surface area (Å²) in [5.41, 5.74) is 6.58. The van der Waals surface area contributed by atoms with Crippen molar-refractivity contribution in [3.8, 4) is 10.6 Å². The van der Waals surface area contributed by atoms with Crippen molar-refractivity contribution in [3.05, 3.63) is 23.6 Å². The van der Waals surface area contributed by atoms with Crippen LogP contribution in [0.4, 0.5) is 5.82 Å². The summed E-state index contributed by atoms with van der Waals surface area (Å²) in [6.07, 6.45) is 1.94. The van der Waals surface area contributed by atoms with Crippen molar-refractivity contribution >= 4 is 28.9 Å². The summed E-state index contributed by atoms with van der Waals surface area (Å²) in [6, 6.07) is 5.82. The first-order valence-electron chi connectivity index (χ1n) is 4.02. The van der Waals surface area contributed by atoms with E-state index in [1.165, 1.54) is 11.8 Å². The molecule has 0 atom stereocenters. The van der Waals surface area contributed by atoms with Gasteiger partial charge in [0.1, 0.15) is 5.82 Å². The van der Waals surface area contributed by atoms with Crippen molar-refractivity contribution in [2.24, 2.45) is 0 Å². The summed E-state index contributed by atoms with van der Waals surface area (Å²) < 4.78 is 0. The minimum atomic E-state index is 0.521. The second kappa shape index (κ2) is 3.98. The van der Waals surface area contributed by atoms with Crippen LogP contribution in [0.2, 0.25) is 0 Å². The molecular formula is C9H9N3S2. The standard InChI is InChI=1S/C9H9N3S2/c1-13-9-11-6(5-8(10)12-9)7-3-2-4-14-7/h2-5H,1H3,(H2,10,11,12). The highest BCUT2D eigenvalue weighted by Crippen LogP contribution is 2.25. The molecule has 2 rings (SSSR count). The number of hydrogen-bond acceptors (Lipinski definition) is 5. The molecule has 3 nitrogen and oxygen atoms in total. The van der Waals surface area contributed by atoms with Crippen LogP contribution in [0.15, 0.2) is 28.7 Å². The fraction of sp³-hybridized carbons (Fsp3) is 0.111. The van der Waals surface area contributed by atoms with Crippen LogP contribution in [-0.4, -0.2) is 16.2 Å². The smallest absolute Gasteiger partial charge is 0.189 e. The summed E-state index contributed by atoms with van der Waals surface area (Å²) in [7, 11) is 0. The summed E-state index contributed by atoms with van der Waals surface area (Å²) in [4.78, 5) is 9.59. The maximum atomic E-state index is 5.68. The molecule has 0 saturated heterocycles. The van der Waals surface area contributed by atoms with Crippen LogP contribution >= 0.6 is 23.1 Å². The van der Waals surface area contributed by atoms with Crippen molar-refractivity contribution in [3.63, 3.8) is 0 Å². The highest BCUT2D eigenvalue weighted by Gasteiger charge is 2.04. The highest BCUT2D eigenvalue weighted by atomic mass is 32.2. The fourth-order valence-electron chi connectivity index (χ4n) is 1.08. The fourth-order valence-corrected chi connectivity index (χ4v) is 2.16. The van der Waals surface area contributed by atoms with Crippen LogP contribution < -0.4 is 5.73 Å². The Hall–Kier alpha value is -1.07. The largest absolute Gasteiger partial charge is 0.384 e. The van der Waals surface area contributed by atoms with Gasteiger partial charge in [-0.15, -0.1) is 11.3 Å². The molecule has 0 aliphatic carbocycles. The van der Waals surface area contributed by atoms with Crippen LogP contribution in [0.3, 0.4) is 0 Å². The van der Waals surface area contributed by atoms with Gasteiger partial charge in [0.25, 0.3) is 0 Å². The van der Waals surface area contributed by atoms with Crippen molar-refractivity contribution in [2.45, 2.75) is 5.16 Å². The quantitative estimate of drug-likeness (QED) is 0.628. The summed E-state index contributed by atoms with van der Waals surface area (Å²) >= 11 is 3.15. The van der Waals surface area contributed by atoms with Crippen molar-refractivity contribution in [2.75, 3.05) is 12.0 Å². The lowest BCUT2D eigenvalue weighted by Crippen LogP contribution is -1.95. The first-order valence-corrected chi connectivity index (χ1v) is 6.12. The SMILES string of the molecule is CSc1nc(N)cc(-c2cccs2)n1. The van der Waals surface area contributed by atoms with Gasteiger partial charge in [-0.3, -0.25) is 0 Å². The molecule has 0 amide bonds. The number of anilines is 1. The summed E-state index contributed by atoms with van der Waals surface area (Å²) in [5.74, 6) is 0.521. The Morgan fingerprint density at radius 2 is 2.29 bits per heavy atom. The van der Waals surface area contributed by atoms with E-state index in [0.717, 1.165) is 10.6 Å². The zero-order valence-electron chi connectivity index (χ0n) is 7.60. The normalized spacial score (nSPS) is 10.4. The molecule has 0 aliphatic heterocycles. The van der Waals surface area contributed by atoms with Crippen LogP contribution in [0.25, 0.3) is 10.6 Å².